The Labute approximate surface area is 152 Å². The van der Waals surface area contributed by atoms with Gasteiger partial charge in [-0.05, 0) is 30.2 Å². The fourth-order valence-electron chi connectivity index (χ4n) is 2.50. The van der Waals surface area contributed by atoms with Crippen LogP contribution in [0.3, 0.4) is 0 Å². The van der Waals surface area contributed by atoms with Gasteiger partial charge in [-0.2, -0.15) is 0 Å². The normalized spacial score (nSPS) is 10.0. The van der Waals surface area contributed by atoms with E-state index in [0.29, 0.717) is 5.58 Å². The summed E-state index contributed by atoms with van der Waals surface area (Å²) in [5, 5.41) is 3.61. The summed E-state index contributed by atoms with van der Waals surface area (Å²) in [5.74, 6) is 6.56. The van der Waals surface area contributed by atoms with Crippen LogP contribution in [0.5, 0.6) is 5.75 Å². The predicted octanol–water partition coefficient (Wildman–Crippen LogP) is 3.97. The maximum absolute atomic E-state index is 12.1. The van der Waals surface area contributed by atoms with Crippen molar-refractivity contribution in [3.63, 3.8) is 0 Å². The maximum Gasteiger partial charge on any atom is 0.287 e. The fraction of sp³-hybridized carbons (Fsp3) is 0.136. The molecular weight excluding hydrogens is 326 g/mol. The molecule has 130 valence electrons. The number of fused-ring (bicyclic) bond motifs is 1. The highest BCUT2D eigenvalue weighted by Gasteiger charge is 2.10. The summed E-state index contributed by atoms with van der Waals surface area (Å²) in [4.78, 5) is 12.1. The lowest BCUT2D eigenvalue weighted by atomic mass is 10.1. The van der Waals surface area contributed by atoms with Crippen molar-refractivity contribution in [1.29, 1.82) is 0 Å². The zero-order chi connectivity index (χ0) is 18.2. The molecule has 1 heterocycles. The monoisotopic (exact) mass is 345 g/mol. The molecule has 0 aliphatic heterocycles. The third kappa shape index (κ3) is 4.34. The highest BCUT2D eigenvalue weighted by molar-refractivity contribution is 5.96. The van der Waals surface area contributed by atoms with Gasteiger partial charge in [0.2, 0.25) is 0 Å². The third-order valence-corrected chi connectivity index (χ3v) is 3.75. The first kappa shape index (κ1) is 17.4. The van der Waals surface area contributed by atoms with E-state index in [1.807, 2.05) is 54.6 Å². The van der Waals surface area contributed by atoms with E-state index in [1.54, 1.807) is 6.07 Å². The minimum absolute atomic E-state index is 0.230. The predicted molar refractivity (Wildman–Crippen MR) is 102 cm³/mol. The van der Waals surface area contributed by atoms with Gasteiger partial charge in [-0.15, -0.1) is 6.58 Å². The van der Waals surface area contributed by atoms with Crippen LogP contribution in [0.2, 0.25) is 0 Å². The second kappa shape index (κ2) is 8.59. The number of rotatable bonds is 6. The highest BCUT2D eigenvalue weighted by atomic mass is 16.5. The second-order valence-corrected chi connectivity index (χ2v) is 5.57. The second-order valence-electron chi connectivity index (χ2n) is 5.57. The fourth-order valence-corrected chi connectivity index (χ4v) is 2.50. The molecule has 0 fully saturated rings. The number of carbonyl (C=O) groups is 1. The molecule has 0 radical (unpaired) electrons. The van der Waals surface area contributed by atoms with Gasteiger partial charge in [-0.25, -0.2) is 0 Å². The molecule has 4 heteroatoms. The number of hydrogen-bond donors (Lipinski definition) is 1. The number of nitrogens with one attached hydrogen (secondary N) is 1. The van der Waals surface area contributed by atoms with E-state index in [2.05, 4.69) is 23.7 Å². The molecule has 1 aromatic heterocycles. The summed E-state index contributed by atoms with van der Waals surface area (Å²) >= 11 is 0. The van der Waals surface area contributed by atoms with E-state index in [9.17, 15) is 4.79 Å². The van der Waals surface area contributed by atoms with Crippen molar-refractivity contribution in [1.82, 2.24) is 5.32 Å². The Hall–Kier alpha value is -3.45. The van der Waals surface area contributed by atoms with Gasteiger partial charge in [0.1, 0.15) is 17.9 Å². The summed E-state index contributed by atoms with van der Waals surface area (Å²) in [6.07, 6.45) is 2.58. The molecule has 0 saturated heterocycles. The first-order valence-electron chi connectivity index (χ1n) is 8.32. The van der Waals surface area contributed by atoms with Crippen molar-refractivity contribution >= 4 is 16.9 Å². The molecule has 0 saturated carbocycles. The molecule has 0 bridgehead atoms. The van der Waals surface area contributed by atoms with E-state index < -0.39 is 0 Å². The van der Waals surface area contributed by atoms with Crippen LogP contribution in [-0.4, -0.2) is 19.1 Å². The first-order chi connectivity index (χ1) is 12.8. The number of amides is 1. The number of allylic oxidation sites excluding steroid dienone is 1. The zero-order valence-corrected chi connectivity index (χ0v) is 14.3. The third-order valence-electron chi connectivity index (χ3n) is 3.75. The van der Waals surface area contributed by atoms with E-state index in [-0.39, 0.29) is 24.8 Å². The molecular formula is C22H19NO3. The van der Waals surface area contributed by atoms with Gasteiger partial charge in [-0.1, -0.05) is 54.3 Å². The minimum Gasteiger partial charge on any atom is -0.481 e. The van der Waals surface area contributed by atoms with E-state index >= 15 is 0 Å². The van der Waals surface area contributed by atoms with E-state index in [4.69, 9.17) is 9.15 Å². The van der Waals surface area contributed by atoms with Crippen LogP contribution in [0.25, 0.3) is 11.0 Å². The van der Waals surface area contributed by atoms with E-state index in [1.165, 1.54) is 0 Å². The van der Waals surface area contributed by atoms with Crippen LogP contribution < -0.4 is 10.1 Å². The molecule has 0 atom stereocenters. The van der Waals surface area contributed by atoms with Gasteiger partial charge in [-0.3, -0.25) is 4.79 Å². The van der Waals surface area contributed by atoms with Crippen molar-refractivity contribution in [3.8, 4) is 17.6 Å². The summed E-state index contributed by atoms with van der Waals surface area (Å²) in [6, 6.07) is 17.0. The summed E-state index contributed by atoms with van der Waals surface area (Å²) in [5.41, 5.74) is 1.76. The lowest BCUT2D eigenvalue weighted by Crippen LogP contribution is -2.23. The molecule has 0 aliphatic carbocycles. The van der Waals surface area contributed by atoms with Crippen molar-refractivity contribution < 1.29 is 13.9 Å². The van der Waals surface area contributed by atoms with Gasteiger partial charge in [0.15, 0.2) is 5.76 Å². The number of furan rings is 1. The quantitative estimate of drug-likeness (QED) is 0.543. The number of para-hydroxylation sites is 2. The summed E-state index contributed by atoms with van der Waals surface area (Å²) in [7, 11) is 0. The topological polar surface area (TPSA) is 51.5 Å². The molecule has 1 amide bonds. The van der Waals surface area contributed by atoms with Crippen molar-refractivity contribution in [2.75, 3.05) is 13.2 Å². The van der Waals surface area contributed by atoms with Gasteiger partial charge >= 0.3 is 0 Å². The van der Waals surface area contributed by atoms with Crippen molar-refractivity contribution in [2.45, 2.75) is 6.42 Å². The van der Waals surface area contributed by atoms with Crippen LogP contribution >= 0.6 is 0 Å². The molecule has 3 aromatic rings. The van der Waals surface area contributed by atoms with Gasteiger partial charge in [0.05, 0.1) is 6.54 Å². The molecule has 4 nitrogen and oxygen atoms in total. The minimum atomic E-state index is -0.284. The summed E-state index contributed by atoms with van der Waals surface area (Å²) < 4.78 is 11.2. The Morgan fingerprint density at radius 3 is 2.81 bits per heavy atom. The molecule has 26 heavy (non-hydrogen) atoms. The van der Waals surface area contributed by atoms with Crippen LogP contribution in [0.1, 0.15) is 16.1 Å². The molecule has 0 aliphatic rings. The number of benzene rings is 2. The lowest BCUT2D eigenvalue weighted by Gasteiger charge is -2.07. The Kier molecular flexibility index (Phi) is 5.74. The summed E-state index contributed by atoms with van der Waals surface area (Å²) in [6.45, 7) is 4.23. The number of ether oxygens (including phenoxy) is 1. The van der Waals surface area contributed by atoms with Crippen molar-refractivity contribution in [3.05, 3.63) is 78.6 Å². The Bertz CT molecular complexity index is 942. The Morgan fingerprint density at radius 2 is 1.96 bits per heavy atom. The van der Waals surface area contributed by atoms with Gasteiger partial charge in [0, 0.05) is 5.39 Å². The van der Waals surface area contributed by atoms with Crippen LogP contribution in [0.4, 0.5) is 0 Å². The van der Waals surface area contributed by atoms with Gasteiger partial charge < -0.3 is 14.5 Å². The zero-order valence-electron chi connectivity index (χ0n) is 14.3. The Morgan fingerprint density at radius 1 is 1.15 bits per heavy atom. The molecule has 0 unspecified atom stereocenters. The number of carbonyl (C=O) groups excluding carboxylic acids is 1. The molecule has 3 rings (SSSR count). The molecule has 0 spiro atoms. The Balaban J connectivity index is 1.48. The smallest absolute Gasteiger partial charge is 0.287 e. The molecule has 2 aromatic carbocycles. The van der Waals surface area contributed by atoms with Crippen LogP contribution in [0.15, 0.2) is 71.7 Å². The van der Waals surface area contributed by atoms with E-state index in [0.717, 1.165) is 23.1 Å². The SMILES string of the molecule is C=CCc1ccccc1OCC#CCNC(=O)c1cc2ccccc2o1. The maximum atomic E-state index is 12.1. The molecule has 1 N–H and O–H groups in total. The average Bonchev–Trinajstić information content (AvgIpc) is 3.10. The van der Waals surface area contributed by atoms with Crippen LogP contribution in [0, 0.1) is 11.8 Å². The van der Waals surface area contributed by atoms with Crippen LogP contribution in [-0.2, 0) is 6.42 Å². The van der Waals surface area contributed by atoms with Crippen molar-refractivity contribution in [2.24, 2.45) is 0 Å². The first-order valence-corrected chi connectivity index (χ1v) is 8.32. The highest BCUT2D eigenvalue weighted by Crippen LogP contribution is 2.19. The average molecular weight is 345 g/mol. The lowest BCUT2D eigenvalue weighted by molar-refractivity contribution is 0.0933. The largest absolute Gasteiger partial charge is 0.481 e. The standard InChI is InChI=1S/C22H19NO3/c1-2-9-17-10-3-5-12-19(17)25-15-8-7-14-23-22(24)21-16-18-11-4-6-13-20(18)26-21/h2-6,10-13,16H,1,9,14-15H2,(H,23,24). The van der Waals surface area contributed by atoms with Gasteiger partial charge in [0.25, 0.3) is 5.91 Å². The number of hydrogen-bond acceptors (Lipinski definition) is 3.